The van der Waals surface area contributed by atoms with Gasteiger partial charge in [0, 0.05) is 5.39 Å². The summed E-state index contributed by atoms with van der Waals surface area (Å²) in [6, 6.07) is 18.6. The Kier molecular flexibility index (Phi) is 5.29. The lowest BCUT2D eigenvalue weighted by Gasteiger charge is -2.12. The van der Waals surface area contributed by atoms with Gasteiger partial charge in [0.1, 0.15) is 11.5 Å². The van der Waals surface area contributed by atoms with Crippen molar-refractivity contribution in [1.82, 2.24) is 9.55 Å². The van der Waals surface area contributed by atoms with E-state index in [0.29, 0.717) is 11.3 Å². The molecule has 0 saturated heterocycles. The molecule has 0 bridgehead atoms. The number of halogens is 1. The second-order valence-electron chi connectivity index (χ2n) is 7.50. The lowest BCUT2D eigenvalue weighted by atomic mass is 9.93. The highest BCUT2D eigenvalue weighted by molar-refractivity contribution is 6.01. The first kappa shape index (κ1) is 20.3. The van der Waals surface area contributed by atoms with Crippen LogP contribution in [0.5, 0.6) is 5.88 Å². The molecule has 2 aromatic heterocycles. The van der Waals surface area contributed by atoms with Crippen LogP contribution in [-0.2, 0) is 6.54 Å². The van der Waals surface area contributed by atoms with Gasteiger partial charge in [-0.05, 0) is 55.3 Å². The van der Waals surface area contributed by atoms with Gasteiger partial charge in [0.25, 0.3) is 0 Å². The van der Waals surface area contributed by atoms with E-state index in [-0.39, 0.29) is 23.9 Å². The summed E-state index contributed by atoms with van der Waals surface area (Å²) in [6.45, 7) is 4.09. The molecular weight excluding hydrogens is 395 g/mol. The van der Waals surface area contributed by atoms with Gasteiger partial charge in [-0.3, -0.25) is 0 Å². The number of carbonyl (C=O) groups is 1. The first-order valence-corrected chi connectivity index (χ1v) is 9.80. The Bertz CT molecular complexity index is 1320. The van der Waals surface area contributed by atoms with Crippen molar-refractivity contribution in [2.75, 3.05) is 0 Å². The molecule has 0 amide bonds. The van der Waals surface area contributed by atoms with Gasteiger partial charge in [0.05, 0.1) is 23.3 Å². The summed E-state index contributed by atoms with van der Waals surface area (Å²) in [7, 11) is 0. The molecule has 2 N–H and O–H groups in total. The predicted molar refractivity (Wildman–Crippen MR) is 118 cm³/mol. The van der Waals surface area contributed by atoms with Crippen molar-refractivity contribution in [3.8, 4) is 5.88 Å². The van der Waals surface area contributed by atoms with Crippen LogP contribution in [0.15, 0.2) is 72.3 Å². The van der Waals surface area contributed by atoms with Crippen molar-refractivity contribution in [2.45, 2.75) is 20.4 Å². The Morgan fingerprint density at radius 2 is 1.71 bits per heavy atom. The van der Waals surface area contributed by atoms with Gasteiger partial charge in [-0.1, -0.05) is 42.0 Å². The number of para-hydroxylation sites is 1. The van der Waals surface area contributed by atoms with Crippen molar-refractivity contribution in [2.24, 2.45) is 0 Å². The molecule has 31 heavy (non-hydrogen) atoms. The lowest BCUT2D eigenvalue weighted by Crippen LogP contribution is -2.06. The van der Waals surface area contributed by atoms with Crippen LogP contribution in [0.25, 0.3) is 16.5 Å². The normalized spacial score (nSPS) is 10.9. The molecule has 0 aliphatic heterocycles. The molecule has 4 aromatic rings. The van der Waals surface area contributed by atoms with Crippen LogP contribution in [0.4, 0.5) is 4.39 Å². The number of pyridine rings is 1. The zero-order chi connectivity index (χ0) is 22.1. The molecule has 4 rings (SSSR count). The summed E-state index contributed by atoms with van der Waals surface area (Å²) in [5.74, 6) is -1.38. The van der Waals surface area contributed by atoms with E-state index in [4.69, 9.17) is 0 Å². The molecule has 0 radical (unpaired) electrons. The number of rotatable bonds is 5. The first-order valence-electron chi connectivity index (χ1n) is 9.80. The molecule has 0 saturated carbocycles. The first-order chi connectivity index (χ1) is 14.9. The van der Waals surface area contributed by atoms with Gasteiger partial charge in [0.2, 0.25) is 5.88 Å². The maximum absolute atomic E-state index is 13.5. The Balaban J connectivity index is 1.91. The van der Waals surface area contributed by atoms with Gasteiger partial charge in [-0.15, -0.1) is 0 Å². The number of hydrogen-bond acceptors (Lipinski definition) is 3. The molecule has 0 aliphatic carbocycles. The number of aromatic carboxylic acids is 1. The van der Waals surface area contributed by atoms with Crippen LogP contribution in [0.1, 0.15) is 41.2 Å². The third-order valence-corrected chi connectivity index (χ3v) is 5.17. The highest BCUT2D eigenvalue weighted by Gasteiger charge is 2.22. The zero-order valence-electron chi connectivity index (χ0n) is 17.1. The van der Waals surface area contributed by atoms with Crippen molar-refractivity contribution >= 4 is 22.4 Å². The van der Waals surface area contributed by atoms with Crippen molar-refractivity contribution < 1.29 is 19.4 Å². The molecule has 6 heteroatoms. The minimum Gasteiger partial charge on any atom is -0.494 e. The molecule has 0 spiro atoms. The number of carboxylic acids is 1. The highest BCUT2D eigenvalue weighted by atomic mass is 19.1. The van der Waals surface area contributed by atoms with E-state index in [1.807, 2.05) is 38.1 Å². The Hall–Kier alpha value is -3.93. The summed E-state index contributed by atoms with van der Waals surface area (Å²) in [6.07, 6.45) is 0. The minimum atomic E-state index is -1.10. The van der Waals surface area contributed by atoms with Crippen LogP contribution in [-0.4, -0.2) is 25.7 Å². The van der Waals surface area contributed by atoms with Crippen LogP contribution in [0, 0.1) is 5.82 Å². The van der Waals surface area contributed by atoms with E-state index in [2.05, 4.69) is 4.98 Å². The second-order valence-corrected chi connectivity index (χ2v) is 7.50. The van der Waals surface area contributed by atoms with Crippen molar-refractivity contribution in [1.29, 1.82) is 0 Å². The number of aromatic hydroxyl groups is 1. The van der Waals surface area contributed by atoms with E-state index in [1.165, 1.54) is 18.2 Å². The predicted octanol–water partition coefficient (Wildman–Crippen LogP) is 5.47. The van der Waals surface area contributed by atoms with E-state index < -0.39 is 5.97 Å². The molecule has 0 atom stereocenters. The third kappa shape index (κ3) is 3.80. The van der Waals surface area contributed by atoms with Crippen LogP contribution in [0.2, 0.25) is 0 Å². The SMILES string of the molecule is CC(C)=C(c1ccc(F)cc1)c1c(O)n(Cc2cccc(C(=O)O)n2)c2ccccc12. The van der Waals surface area contributed by atoms with Gasteiger partial charge < -0.3 is 14.8 Å². The number of hydrogen-bond donors (Lipinski definition) is 2. The van der Waals surface area contributed by atoms with Crippen LogP contribution < -0.4 is 0 Å². The molecule has 0 unspecified atom stereocenters. The Morgan fingerprint density at radius 3 is 2.39 bits per heavy atom. The molecular formula is C25H21FN2O3. The van der Waals surface area contributed by atoms with Crippen LogP contribution >= 0.6 is 0 Å². The second kappa shape index (κ2) is 8.07. The number of allylic oxidation sites excluding steroid dienone is 1. The average Bonchev–Trinajstić information content (AvgIpc) is 3.02. The number of fused-ring (bicyclic) bond motifs is 1. The molecule has 5 nitrogen and oxygen atoms in total. The van der Waals surface area contributed by atoms with E-state index in [1.54, 1.807) is 28.8 Å². The lowest BCUT2D eigenvalue weighted by molar-refractivity contribution is 0.0690. The highest BCUT2D eigenvalue weighted by Crippen LogP contribution is 2.41. The number of benzene rings is 2. The smallest absolute Gasteiger partial charge is 0.354 e. The fourth-order valence-corrected chi connectivity index (χ4v) is 3.84. The topological polar surface area (TPSA) is 75.4 Å². The van der Waals surface area contributed by atoms with Gasteiger partial charge in [0.15, 0.2) is 0 Å². The maximum Gasteiger partial charge on any atom is 0.354 e. The average molecular weight is 416 g/mol. The minimum absolute atomic E-state index is 0.0456. The van der Waals surface area contributed by atoms with Crippen LogP contribution in [0.3, 0.4) is 0 Å². The molecule has 0 aliphatic rings. The maximum atomic E-state index is 13.5. The number of nitrogens with zero attached hydrogens (tertiary/aromatic N) is 2. The van der Waals surface area contributed by atoms with Crippen molar-refractivity contribution in [3.05, 3.63) is 101 Å². The number of aromatic nitrogens is 2. The summed E-state index contributed by atoms with van der Waals surface area (Å²) in [5, 5.41) is 21.4. The standard InChI is InChI=1S/C25H21FN2O3/c1-15(2)22(16-10-12-17(26)13-11-16)23-19-7-3-4-9-21(19)28(24(23)29)14-18-6-5-8-20(27-18)25(30)31/h3-13,29H,14H2,1-2H3,(H,30,31). The fraction of sp³-hybridized carbons (Fsp3) is 0.120. The summed E-state index contributed by atoms with van der Waals surface area (Å²) in [4.78, 5) is 15.5. The Labute approximate surface area is 178 Å². The van der Waals surface area contributed by atoms with E-state index in [9.17, 15) is 19.4 Å². The van der Waals surface area contributed by atoms with Gasteiger partial charge in [-0.25, -0.2) is 14.2 Å². The van der Waals surface area contributed by atoms with Gasteiger partial charge >= 0.3 is 5.97 Å². The fourth-order valence-electron chi connectivity index (χ4n) is 3.84. The van der Waals surface area contributed by atoms with E-state index >= 15 is 0 Å². The summed E-state index contributed by atoms with van der Waals surface area (Å²) >= 11 is 0. The third-order valence-electron chi connectivity index (χ3n) is 5.17. The summed E-state index contributed by atoms with van der Waals surface area (Å²) < 4.78 is 15.2. The zero-order valence-corrected chi connectivity index (χ0v) is 17.1. The molecule has 0 fully saturated rings. The largest absolute Gasteiger partial charge is 0.494 e. The summed E-state index contributed by atoms with van der Waals surface area (Å²) in [5.41, 5.74) is 4.49. The number of carboxylic acid groups (broad SMARTS) is 1. The monoisotopic (exact) mass is 416 g/mol. The molecule has 156 valence electrons. The molecule has 2 aromatic carbocycles. The quantitative estimate of drug-likeness (QED) is 0.452. The Morgan fingerprint density at radius 1 is 1.00 bits per heavy atom. The van der Waals surface area contributed by atoms with Gasteiger partial charge in [-0.2, -0.15) is 0 Å². The van der Waals surface area contributed by atoms with E-state index in [0.717, 1.165) is 27.6 Å². The van der Waals surface area contributed by atoms with Crippen molar-refractivity contribution in [3.63, 3.8) is 0 Å². The molecule has 2 heterocycles.